The molecule has 2 aromatic carbocycles. The van der Waals surface area contributed by atoms with Crippen LogP contribution in [0.25, 0.3) is 16.5 Å². The highest BCUT2D eigenvalue weighted by molar-refractivity contribution is 6.23. The number of aromatic amines is 1. The number of nitrogens with one attached hydrogen (secondary N) is 2. The molecule has 0 spiro atoms. The second kappa shape index (κ2) is 10.1. The van der Waals surface area contributed by atoms with Crippen LogP contribution in [0.1, 0.15) is 28.0 Å². The summed E-state index contributed by atoms with van der Waals surface area (Å²) in [5.74, 6) is -0.237. The van der Waals surface area contributed by atoms with Gasteiger partial charge >= 0.3 is 0 Å². The van der Waals surface area contributed by atoms with Gasteiger partial charge in [-0.25, -0.2) is 0 Å². The number of Topliss-reactive ketones (excluding diaryl/α,β-unsaturated/α-hetero) is 1. The molecule has 1 saturated heterocycles. The zero-order valence-electron chi connectivity index (χ0n) is 21.4. The maximum atomic E-state index is 12.9. The van der Waals surface area contributed by atoms with Crippen LogP contribution < -0.4 is 10.2 Å². The summed E-state index contributed by atoms with van der Waals surface area (Å²) in [5, 5.41) is 8.33. The molecule has 0 bridgehead atoms. The van der Waals surface area contributed by atoms with Gasteiger partial charge in [0.2, 0.25) is 0 Å². The van der Waals surface area contributed by atoms with Crippen LogP contribution in [0.15, 0.2) is 84.8 Å². The summed E-state index contributed by atoms with van der Waals surface area (Å²) in [6, 6.07) is 18.4. The number of amides is 1. The lowest BCUT2D eigenvalue weighted by Crippen LogP contribution is -2.44. The van der Waals surface area contributed by atoms with Crippen molar-refractivity contribution in [2.45, 2.75) is 13.0 Å². The van der Waals surface area contributed by atoms with Crippen LogP contribution in [-0.2, 0) is 11.3 Å². The number of carbonyl (C=O) groups is 2. The van der Waals surface area contributed by atoms with E-state index in [0.717, 1.165) is 48.3 Å². The Kier molecular flexibility index (Phi) is 6.39. The van der Waals surface area contributed by atoms with Crippen LogP contribution in [0.2, 0.25) is 0 Å². The second-order valence-corrected chi connectivity index (χ2v) is 9.96. The number of allylic oxidation sites excluding steroid dienone is 3. The number of H-pyrrole nitrogens is 1. The fourth-order valence-corrected chi connectivity index (χ4v) is 4.99. The first kappa shape index (κ1) is 23.9. The maximum Gasteiger partial charge on any atom is 0.258 e. The number of benzene rings is 2. The van der Waals surface area contributed by atoms with Crippen molar-refractivity contribution < 1.29 is 9.59 Å². The van der Waals surface area contributed by atoms with Crippen LogP contribution in [0.5, 0.6) is 0 Å². The number of fused-ring (bicyclic) bond motifs is 1. The second-order valence-electron chi connectivity index (χ2n) is 9.96. The number of carbonyl (C=O) groups excluding carboxylic acids is 2. The molecule has 8 heteroatoms. The summed E-state index contributed by atoms with van der Waals surface area (Å²) in [6.45, 7) is 4.69. The lowest BCUT2D eigenvalue weighted by molar-refractivity contribution is -0.113. The fraction of sp³-hybridized carbons (Fsp3) is 0.233. The van der Waals surface area contributed by atoms with Gasteiger partial charge in [-0.1, -0.05) is 36.4 Å². The molecular weight excluding hydrogens is 476 g/mol. The van der Waals surface area contributed by atoms with Gasteiger partial charge in [-0.15, -0.1) is 0 Å². The lowest BCUT2D eigenvalue weighted by Gasteiger charge is -2.34. The summed E-state index contributed by atoms with van der Waals surface area (Å²) in [5.41, 5.74) is 5.69. The molecule has 38 heavy (non-hydrogen) atoms. The third-order valence-corrected chi connectivity index (χ3v) is 7.21. The number of ketones is 1. The van der Waals surface area contributed by atoms with Crippen LogP contribution in [0.3, 0.4) is 0 Å². The molecule has 0 unspecified atom stereocenters. The van der Waals surface area contributed by atoms with E-state index in [2.05, 4.69) is 50.4 Å². The first-order valence-electron chi connectivity index (χ1n) is 12.9. The van der Waals surface area contributed by atoms with E-state index in [1.54, 1.807) is 29.2 Å². The van der Waals surface area contributed by atoms with Gasteiger partial charge in [-0.2, -0.15) is 5.10 Å². The third kappa shape index (κ3) is 5.03. The Morgan fingerprint density at radius 2 is 1.87 bits per heavy atom. The van der Waals surface area contributed by atoms with Crippen molar-refractivity contribution in [3.63, 3.8) is 0 Å². The zero-order valence-corrected chi connectivity index (χ0v) is 21.4. The molecule has 1 amide bonds. The molecule has 0 radical (unpaired) electrons. The molecular formula is C30H30N6O2. The molecule has 1 aliphatic carbocycles. The molecule has 0 saturated carbocycles. The molecule has 2 aromatic heterocycles. The van der Waals surface area contributed by atoms with Crippen molar-refractivity contribution in [1.29, 1.82) is 0 Å². The van der Waals surface area contributed by atoms with E-state index < -0.39 is 0 Å². The van der Waals surface area contributed by atoms with E-state index in [9.17, 15) is 9.59 Å². The van der Waals surface area contributed by atoms with Crippen molar-refractivity contribution in [3.05, 3.63) is 102 Å². The van der Waals surface area contributed by atoms with Gasteiger partial charge in [0.1, 0.15) is 0 Å². The monoisotopic (exact) mass is 506 g/mol. The minimum Gasteiger partial charge on any atom is -0.369 e. The van der Waals surface area contributed by atoms with E-state index in [4.69, 9.17) is 0 Å². The molecule has 3 heterocycles. The van der Waals surface area contributed by atoms with Gasteiger partial charge in [-0.3, -0.25) is 14.3 Å². The quantitative estimate of drug-likeness (QED) is 0.415. The number of hydrogen-bond acceptors (Lipinski definition) is 5. The van der Waals surface area contributed by atoms with Crippen molar-refractivity contribution >= 4 is 33.9 Å². The Balaban J connectivity index is 1.17. The SMILES string of the molecule is CN1CCN(c2ccc3[nH]c(C4=CC(NC(=O)c5cnn(Cc6ccccc6)c5)=CCC4=O)cc3c2)CC1. The van der Waals surface area contributed by atoms with Gasteiger partial charge in [-0.05, 0) is 43.0 Å². The number of hydrogen-bond donors (Lipinski definition) is 2. The Morgan fingerprint density at radius 1 is 1.05 bits per heavy atom. The Labute approximate surface area is 221 Å². The maximum absolute atomic E-state index is 12.9. The predicted molar refractivity (Wildman–Crippen MR) is 149 cm³/mol. The smallest absolute Gasteiger partial charge is 0.258 e. The Morgan fingerprint density at radius 3 is 2.68 bits per heavy atom. The molecule has 6 rings (SSSR count). The van der Waals surface area contributed by atoms with Crippen LogP contribution >= 0.6 is 0 Å². The van der Waals surface area contributed by atoms with E-state index in [1.165, 1.54) is 5.69 Å². The van der Waals surface area contributed by atoms with Crippen LogP contribution in [-0.4, -0.2) is 64.6 Å². The Bertz CT molecular complexity index is 1550. The largest absolute Gasteiger partial charge is 0.369 e. The van der Waals surface area contributed by atoms with E-state index in [-0.39, 0.29) is 18.1 Å². The number of nitrogens with zero attached hydrogens (tertiary/aromatic N) is 4. The fourth-order valence-electron chi connectivity index (χ4n) is 4.99. The normalized spacial score (nSPS) is 16.4. The molecule has 4 aromatic rings. The minimum atomic E-state index is -0.256. The molecule has 1 fully saturated rings. The highest BCUT2D eigenvalue weighted by atomic mass is 16.1. The summed E-state index contributed by atoms with van der Waals surface area (Å²) in [4.78, 5) is 33.9. The average Bonchev–Trinajstić information content (AvgIpc) is 3.57. The van der Waals surface area contributed by atoms with Crippen LogP contribution in [0, 0.1) is 0 Å². The molecule has 2 aliphatic rings. The molecule has 8 nitrogen and oxygen atoms in total. The van der Waals surface area contributed by atoms with Gasteiger partial charge in [0.25, 0.3) is 5.91 Å². The molecule has 0 atom stereocenters. The van der Waals surface area contributed by atoms with Gasteiger partial charge in [0.05, 0.1) is 24.0 Å². The number of rotatable bonds is 6. The minimum absolute atomic E-state index is 0.0181. The first-order valence-corrected chi connectivity index (χ1v) is 12.9. The summed E-state index contributed by atoms with van der Waals surface area (Å²) in [7, 11) is 2.15. The predicted octanol–water partition coefficient (Wildman–Crippen LogP) is 3.83. The zero-order chi connectivity index (χ0) is 26.1. The summed E-state index contributed by atoms with van der Waals surface area (Å²) < 4.78 is 1.74. The van der Waals surface area contributed by atoms with Crippen molar-refractivity contribution in [2.24, 2.45) is 0 Å². The highest BCUT2D eigenvalue weighted by Gasteiger charge is 2.21. The van der Waals surface area contributed by atoms with Crippen molar-refractivity contribution in [1.82, 2.24) is 25.0 Å². The van der Waals surface area contributed by atoms with Crippen molar-refractivity contribution in [2.75, 3.05) is 38.1 Å². The molecule has 1 aliphatic heterocycles. The average molecular weight is 507 g/mol. The molecule has 2 N–H and O–H groups in total. The number of aromatic nitrogens is 3. The summed E-state index contributed by atoms with van der Waals surface area (Å²) in [6.07, 6.45) is 7.04. The van der Waals surface area contributed by atoms with E-state index in [1.807, 2.05) is 36.4 Å². The van der Waals surface area contributed by atoms with Gasteiger partial charge in [0, 0.05) is 66.7 Å². The van der Waals surface area contributed by atoms with Crippen molar-refractivity contribution in [3.8, 4) is 0 Å². The topological polar surface area (TPSA) is 86.3 Å². The number of anilines is 1. The number of likely N-dealkylation sites (N-methyl/N-ethyl adjacent to an activating group) is 1. The standard InChI is InChI=1S/C30H30N6O2/c1-34-11-13-35(14-12-34)25-8-9-27-22(15-25)16-28(33-27)26-17-24(7-10-29(26)37)32-30(38)23-18-31-36(20-23)19-21-5-3-2-4-6-21/h2-9,15-18,20,33H,10-14,19H2,1H3,(H,32,38). The first-order chi connectivity index (χ1) is 18.5. The molecule has 192 valence electrons. The highest BCUT2D eigenvalue weighted by Crippen LogP contribution is 2.29. The van der Waals surface area contributed by atoms with Gasteiger partial charge < -0.3 is 20.1 Å². The third-order valence-electron chi connectivity index (χ3n) is 7.21. The summed E-state index contributed by atoms with van der Waals surface area (Å²) >= 11 is 0. The van der Waals surface area contributed by atoms with E-state index >= 15 is 0 Å². The lowest BCUT2D eigenvalue weighted by atomic mass is 9.98. The Hall–Kier alpha value is -4.43. The van der Waals surface area contributed by atoms with E-state index in [0.29, 0.717) is 23.4 Å². The van der Waals surface area contributed by atoms with Crippen LogP contribution in [0.4, 0.5) is 5.69 Å². The van der Waals surface area contributed by atoms with Gasteiger partial charge in [0.15, 0.2) is 5.78 Å². The number of piperazine rings is 1.